The van der Waals surface area contributed by atoms with Crippen molar-refractivity contribution in [3.63, 3.8) is 0 Å². The van der Waals surface area contributed by atoms with Crippen LogP contribution in [0.4, 0.5) is 10.8 Å². The van der Waals surface area contributed by atoms with Crippen LogP contribution in [0.15, 0.2) is 68.5 Å². The van der Waals surface area contributed by atoms with E-state index in [1.165, 1.54) is 22.3 Å². The van der Waals surface area contributed by atoms with Crippen LogP contribution in [-0.2, 0) is 21.0 Å². The van der Waals surface area contributed by atoms with Crippen LogP contribution in [0.25, 0.3) is 0 Å². The van der Waals surface area contributed by atoms with Crippen molar-refractivity contribution in [3.8, 4) is 0 Å². The Bertz CT molecular complexity index is 1450. The Labute approximate surface area is 212 Å². The molecule has 10 nitrogen and oxygen atoms in total. The molecule has 188 valence electrons. The number of esters is 1. The lowest BCUT2D eigenvalue weighted by Gasteiger charge is -2.30. The van der Waals surface area contributed by atoms with Crippen LogP contribution in [0.2, 0.25) is 0 Å². The zero-order valence-electron chi connectivity index (χ0n) is 20.0. The maximum Gasteiger partial charge on any atom is 0.338 e. The van der Waals surface area contributed by atoms with Gasteiger partial charge in [0.25, 0.3) is 5.13 Å². The van der Waals surface area contributed by atoms with E-state index >= 15 is 0 Å². The first kappa shape index (κ1) is 25.5. The topological polar surface area (TPSA) is 134 Å². The minimum Gasteiger partial charge on any atom is -0.492 e. The number of ether oxygens (including phenoxy) is 1. The van der Waals surface area contributed by atoms with Crippen LogP contribution in [-0.4, -0.2) is 42.8 Å². The van der Waals surface area contributed by atoms with E-state index < -0.39 is 26.7 Å². The molecule has 0 aliphatic carbocycles. The van der Waals surface area contributed by atoms with Crippen molar-refractivity contribution in [3.05, 3.63) is 75.1 Å². The maximum absolute atomic E-state index is 13.5. The average molecular weight is 528 g/mol. The highest BCUT2D eigenvalue weighted by Gasteiger charge is 2.38. The predicted octanol–water partition coefficient (Wildman–Crippen LogP) is 5.09. The van der Waals surface area contributed by atoms with Crippen molar-refractivity contribution in [2.75, 3.05) is 18.1 Å². The van der Waals surface area contributed by atoms with Crippen LogP contribution >= 0.6 is 11.3 Å². The van der Waals surface area contributed by atoms with E-state index in [-0.39, 0.29) is 27.9 Å². The van der Waals surface area contributed by atoms with Crippen molar-refractivity contribution < 1.29 is 23.1 Å². The molecule has 0 atom stereocenters. The Morgan fingerprint density at radius 1 is 1.14 bits per heavy atom. The third-order valence-electron chi connectivity index (χ3n) is 5.41. The van der Waals surface area contributed by atoms with Crippen molar-refractivity contribution in [1.29, 1.82) is 0 Å². The highest BCUT2D eigenvalue weighted by atomic mass is 32.2. The lowest BCUT2D eigenvalue weighted by Crippen LogP contribution is -2.32. The van der Waals surface area contributed by atoms with Crippen LogP contribution in [0.5, 0.6) is 0 Å². The fourth-order valence-corrected chi connectivity index (χ4v) is 5.86. The van der Waals surface area contributed by atoms with Gasteiger partial charge in [0, 0.05) is 13.0 Å². The van der Waals surface area contributed by atoms with Gasteiger partial charge in [-0.1, -0.05) is 48.6 Å². The van der Waals surface area contributed by atoms with Gasteiger partial charge in [-0.05, 0) is 43.5 Å². The van der Waals surface area contributed by atoms with Gasteiger partial charge < -0.3 is 14.7 Å². The van der Waals surface area contributed by atoms with E-state index in [4.69, 9.17) is 4.74 Å². The molecule has 0 saturated carbocycles. The summed E-state index contributed by atoms with van der Waals surface area (Å²) in [6, 6.07) is 12.5. The van der Waals surface area contributed by atoms with Gasteiger partial charge in [0.1, 0.15) is 5.01 Å². The molecule has 0 spiro atoms. The van der Waals surface area contributed by atoms with Crippen LogP contribution in [0.3, 0.4) is 0 Å². The number of hydrogen-bond donors (Lipinski definition) is 1. The number of rotatable bonds is 8. The molecule has 12 heteroatoms. The Hall–Kier alpha value is -3.64. The highest BCUT2D eigenvalue weighted by Crippen LogP contribution is 2.41. The predicted molar refractivity (Wildman–Crippen MR) is 135 cm³/mol. The van der Waals surface area contributed by atoms with E-state index in [9.17, 15) is 18.3 Å². The van der Waals surface area contributed by atoms with E-state index in [0.717, 1.165) is 5.56 Å². The van der Waals surface area contributed by atoms with Crippen molar-refractivity contribution in [2.45, 2.75) is 38.5 Å². The Kier molecular flexibility index (Phi) is 7.45. The molecule has 2 heterocycles. The second kappa shape index (κ2) is 10.5. The lowest BCUT2D eigenvalue weighted by molar-refractivity contribution is 0.0525. The van der Waals surface area contributed by atoms with E-state index in [2.05, 4.69) is 20.4 Å². The van der Waals surface area contributed by atoms with Gasteiger partial charge in [-0.15, -0.1) is 20.4 Å². The first-order valence-corrected chi connectivity index (χ1v) is 13.6. The molecule has 1 aromatic heterocycles. The number of carbonyl (C=O) groups is 1. The second-order valence-corrected chi connectivity index (χ2v) is 10.9. The summed E-state index contributed by atoms with van der Waals surface area (Å²) in [5.41, 5.74) is 1.97. The molecule has 0 saturated heterocycles. The Morgan fingerprint density at radius 2 is 1.89 bits per heavy atom. The van der Waals surface area contributed by atoms with Gasteiger partial charge in [-0.2, -0.15) is 0 Å². The number of anilines is 1. The fraction of sp³-hybridized carbons (Fsp3) is 0.292. The normalized spacial score (nSPS) is 14.8. The number of aryl methyl sites for hydroxylation is 1. The zero-order chi connectivity index (χ0) is 25.9. The summed E-state index contributed by atoms with van der Waals surface area (Å²) in [5.74, 6) is -1.16. The summed E-state index contributed by atoms with van der Waals surface area (Å²) >= 11 is 1.17. The molecular weight excluding hydrogens is 502 g/mol. The van der Waals surface area contributed by atoms with Gasteiger partial charge in [0.15, 0.2) is 0 Å². The minimum absolute atomic E-state index is 0.128. The third-order valence-corrected chi connectivity index (χ3v) is 7.90. The molecular formula is C24H25N5O5S2. The third kappa shape index (κ3) is 5.00. The zero-order valence-corrected chi connectivity index (χ0v) is 21.6. The molecule has 2 aromatic carbocycles. The standard InChI is InChI=1S/C24H25N5O5S2/c1-4-11-29-18-12-15(3)17(23(31)34-5-2)14-19(18)36(32,33)21(22(29)30)26-28-24-27-25-20(35-24)13-16-9-7-6-8-10-16/h6-10,12,14,30H,4-5,11,13H2,1-3H3. The van der Waals surface area contributed by atoms with E-state index in [1.54, 1.807) is 19.9 Å². The summed E-state index contributed by atoms with van der Waals surface area (Å²) in [6.45, 7) is 5.72. The number of carbonyl (C=O) groups excluding carboxylic acids is 1. The Morgan fingerprint density at radius 3 is 2.58 bits per heavy atom. The van der Waals surface area contributed by atoms with Gasteiger partial charge in [0.05, 0.1) is 22.8 Å². The molecule has 36 heavy (non-hydrogen) atoms. The molecule has 1 aliphatic heterocycles. The quantitative estimate of drug-likeness (QED) is 0.316. The van der Waals surface area contributed by atoms with E-state index in [0.29, 0.717) is 30.0 Å². The minimum atomic E-state index is -4.31. The van der Waals surface area contributed by atoms with Crippen LogP contribution < -0.4 is 4.90 Å². The average Bonchev–Trinajstić information content (AvgIpc) is 3.29. The van der Waals surface area contributed by atoms with Crippen molar-refractivity contribution in [1.82, 2.24) is 10.2 Å². The second-order valence-electron chi connectivity index (χ2n) is 7.98. The fourth-order valence-electron chi connectivity index (χ4n) is 3.75. The SMILES string of the molecule is CCCN1C(O)=C(N=Nc2nnc(Cc3ccccc3)s2)S(=O)(=O)c2cc(C(=O)OCC)c(C)cc21. The van der Waals surface area contributed by atoms with Gasteiger partial charge in [-0.25, -0.2) is 13.2 Å². The highest BCUT2D eigenvalue weighted by molar-refractivity contribution is 7.95. The van der Waals surface area contributed by atoms with Gasteiger partial charge >= 0.3 is 5.97 Å². The number of benzene rings is 2. The smallest absolute Gasteiger partial charge is 0.338 e. The molecule has 0 bridgehead atoms. The van der Waals surface area contributed by atoms with Gasteiger partial charge in [0.2, 0.25) is 20.7 Å². The maximum atomic E-state index is 13.5. The summed E-state index contributed by atoms with van der Waals surface area (Å²) in [7, 11) is -4.31. The van der Waals surface area contributed by atoms with Gasteiger partial charge in [-0.3, -0.25) is 0 Å². The number of fused-ring (bicyclic) bond motifs is 1. The molecule has 3 aromatic rings. The molecule has 1 N–H and O–H groups in total. The Balaban J connectivity index is 1.71. The first-order chi connectivity index (χ1) is 17.3. The molecule has 0 fully saturated rings. The number of aliphatic hydroxyl groups excluding tert-OH is 1. The monoisotopic (exact) mass is 527 g/mol. The first-order valence-electron chi connectivity index (χ1n) is 11.3. The number of sulfone groups is 1. The number of aliphatic hydroxyl groups is 1. The number of azo groups is 1. The van der Waals surface area contributed by atoms with Crippen molar-refractivity contribution in [2.24, 2.45) is 10.2 Å². The summed E-state index contributed by atoms with van der Waals surface area (Å²) in [5, 5.41) is 27.1. The number of hydrogen-bond acceptors (Lipinski definition) is 11. The van der Waals surface area contributed by atoms with Crippen LogP contribution in [0.1, 0.15) is 46.8 Å². The summed E-state index contributed by atoms with van der Waals surface area (Å²) in [4.78, 5) is 13.7. The largest absolute Gasteiger partial charge is 0.492 e. The number of aromatic nitrogens is 2. The summed E-state index contributed by atoms with van der Waals surface area (Å²) < 4.78 is 32.1. The molecule has 0 radical (unpaired) electrons. The van der Waals surface area contributed by atoms with Crippen molar-refractivity contribution >= 4 is 38.0 Å². The molecule has 0 unspecified atom stereocenters. The van der Waals surface area contributed by atoms with E-state index in [1.807, 2.05) is 37.3 Å². The molecule has 4 rings (SSSR count). The van der Waals surface area contributed by atoms with Crippen LogP contribution in [0, 0.1) is 6.92 Å². The number of nitrogens with zero attached hydrogens (tertiary/aromatic N) is 5. The molecule has 0 amide bonds. The lowest BCUT2D eigenvalue weighted by atomic mass is 10.1. The summed E-state index contributed by atoms with van der Waals surface area (Å²) in [6.07, 6.45) is 1.17. The molecule has 1 aliphatic rings.